The van der Waals surface area contributed by atoms with E-state index in [9.17, 15) is 13.2 Å². The molecule has 0 spiro atoms. The lowest BCUT2D eigenvalue weighted by Crippen LogP contribution is -2.34. The molecule has 0 saturated heterocycles. The van der Waals surface area contributed by atoms with Crippen LogP contribution in [0.3, 0.4) is 0 Å². The van der Waals surface area contributed by atoms with Crippen molar-refractivity contribution >= 4 is 25.6 Å². The van der Waals surface area contributed by atoms with Gasteiger partial charge in [0.1, 0.15) is 0 Å². The number of rotatable bonds is 7. The lowest BCUT2D eigenvalue weighted by Gasteiger charge is -2.17. The Morgan fingerprint density at radius 3 is 2.20 bits per heavy atom. The monoisotopic (exact) mass is 318 g/mol. The number of halogens is 1. The molecule has 0 bridgehead atoms. The van der Waals surface area contributed by atoms with Crippen LogP contribution in [0.5, 0.6) is 0 Å². The van der Waals surface area contributed by atoms with Gasteiger partial charge in [-0.25, -0.2) is 8.42 Å². The number of hydrogen-bond acceptors (Lipinski definition) is 4. The lowest BCUT2D eigenvalue weighted by atomic mass is 10.2. The predicted molar refractivity (Wildman–Crippen MR) is 79.6 cm³/mol. The average molecular weight is 319 g/mol. The van der Waals surface area contributed by atoms with E-state index in [-0.39, 0.29) is 10.8 Å². The smallest absolute Gasteiger partial charge is 0.261 e. The van der Waals surface area contributed by atoms with Crippen molar-refractivity contribution in [1.82, 2.24) is 10.2 Å². The maximum absolute atomic E-state index is 11.9. The summed E-state index contributed by atoms with van der Waals surface area (Å²) < 4.78 is 22.2. The molecule has 0 aliphatic heterocycles. The molecule has 0 atom stereocenters. The van der Waals surface area contributed by atoms with Crippen LogP contribution in [-0.2, 0) is 9.05 Å². The topological polar surface area (TPSA) is 66.5 Å². The fourth-order valence-corrected chi connectivity index (χ4v) is 2.51. The van der Waals surface area contributed by atoms with Gasteiger partial charge in [-0.2, -0.15) is 0 Å². The van der Waals surface area contributed by atoms with Gasteiger partial charge in [0.05, 0.1) is 4.90 Å². The van der Waals surface area contributed by atoms with Crippen molar-refractivity contribution in [2.75, 3.05) is 26.2 Å². The minimum Gasteiger partial charge on any atom is -0.351 e. The van der Waals surface area contributed by atoms with Crippen LogP contribution < -0.4 is 5.32 Å². The van der Waals surface area contributed by atoms with Crippen molar-refractivity contribution in [3.63, 3.8) is 0 Å². The van der Waals surface area contributed by atoms with Crippen LogP contribution >= 0.6 is 10.7 Å². The second kappa shape index (κ2) is 7.61. The van der Waals surface area contributed by atoms with Crippen LogP contribution in [-0.4, -0.2) is 45.4 Å². The Hall–Kier alpha value is -1.11. The summed E-state index contributed by atoms with van der Waals surface area (Å²) in [7, 11) is 1.46. The zero-order valence-corrected chi connectivity index (χ0v) is 13.2. The zero-order valence-electron chi connectivity index (χ0n) is 11.6. The number of carbonyl (C=O) groups is 1. The molecular weight excluding hydrogens is 300 g/mol. The molecule has 0 heterocycles. The van der Waals surface area contributed by atoms with E-state index in [0.717, 1.165) is 19.6 Å². The first-order chi connectivity index (χ1) is 9.38. The van der Waals surface area contributed by atoms with Crippen molar-refractivity contribution in [2.24, 2.45) is 0 Å². The largest absolute Gasteiger partial charge is 0.351 e. The Morgan fingerprint density at radius 1 is 1.20 bits per heavy atom. The summed E-state index contributed by atoms with van der Waals surface area (Å²) in [6, 6.07) is 5.54. The second-order valence-corrected chi connectivity index (χ2v) is 6.81. The van der Waals surface area contributed by atoms with E-state index < -0.39 is 9.05 Å². The summed E-state index contributed by atoms with van der Waals surface area (Å²) in [5.41, 5.74) is 0.411. The van der Waals surface area contributed by atoms with Crippen molar-refractivity contribution in [2.45, 2.75) is 18.7 Å². The second-order valence-electron chi connectivity index (χ2n) is 4.25. The Balaban J connectivity index is 2.56. The molecule has 1 rings (SSSR count). The van der Waals surface area contributed by atoms with Crippen molar-refractivity contribution in [1.29, 1.82) is 0 Å². The minimum atomic E-state index is -3.75. The van der Waals surface area contributed by atoms with Gasteiger partial charge < -0.3 is 10.2 Å². The van der Waals surface area contributed by atoms with E-state index in [2.05, 4.69) is 24.1 Å². The van der Waals surface area contributed by atoms with Crippen molar-refractivity contribution < 1.29 is 13.2 Å². The van der Waals surface area contributed by atoms with Gasteiger partial charge in [-0.1, -0.05) is 13.8 Å². The molecule has 0 aliphatic carbocycles. The highest BCUT2D eigenvalue weighted by atomic mass is 35.7. The fourth-order valence-electron chi connectivity index (χ4n) is 1.74. The molecule has 0 unspecified atom stereocenters. The molecule has 20 heavy (non-hydrogen) atoms. The highest BCUT2D eigenvalue weighted by Crippen LogP contribution is 2.15. The van der Waals surface area contributed by atoms with E-state index >= 15 is 0 Å². The summed E-state index contributed by atoms with van der Waals surface area (Å²) in [5, 5.41) is 2.79. The van der Waals surface area contributed by atoms with Gasteiger partial charge in [-0.15, -0.1) is 0 Å². The maximum atomic E-state index is 11.9. The number of carbonyl (C=O) groups excluding carboxylic acids is 1. The van der Waals surface area contributed by atoms with Crippen molar-refractivity contribution in [3.8, 4) is 0 Å². The summed E-state index contributed by atoms with van der Waals surface area (Å²) in [5.74, 6) is -0.226. The number of nitrogens with zero attached hydrogens (tertiary/aromatic N) is 1. The number of hydrogen-bond donors (Lipinski definition) is 1. The van der Waals surface area contributed by atoms with Crippen LogP contribution in [0.15, 0.2) is 29.2 Å². The molecule has 0 aliphatic rings. The number of benzene rings is 1. The quantitative estimate of drug-likeness (QED) is 0.777. The Morgan fingerprint density at radius 2 is 1.75 bits per heavy atom. The molecule has 1 N–H and O–H groups in total. The molecule has 0 fully saturated rings. The molecule has 112 valence electrons. The van der Waals surface area contributed by atoms with Gasteiger partial charge in [-0.05, 0) is 37.4 Å². The lowest BCUT2D eigenvalue weighted by molar-refractivity contribution is 0.0949. The summed E-state index contributed by atoms with van der Waals surface area (Å²) in [6.07, 6.45) is 0. The standard InChI is InChI=1S/C13H19ClN2O3S/c1-3-16(4-2)10-9-15-13(17)11-5-7-12(8-6-11)20(14,18)19/h5-8H,3-4,9-10H2,1-2H3,(H,15,17). The van der Waals surface area contributed by atoms with E-state index in [1.165, 1.54) is 24.3 Å². The average Bonchev–Trinajstić information content (AvgIpc) is 2.42. The van der Waals surface area contributed by atoms with E-state index in [4.69, 9.17) is 10.7 Å². The first-order valence-corrected chi connectivity index (χ1v) is 8.74. The van der Waals surface area contributed by atoms with Crippen LogP contribution in [0, 0.1) is 0 Å². The van der Waals surface area contributed by atoms with E-state index in [1.54, 1.807) is 0 Å². The van der Waals surface area contributed by atoms with Gasteiger partial charge >= 0.3 is 0 Å². The van der Waals surface area contributed by atoms with Crippen LogP contribution in [0.2, 0.25) is 0 Å². The van der Waals surface area contributed by atoms with Gasteiger partial charge in [0.15, 0.2) is 0 Å². The molecule has 1 aromatic carbocycles. The highest BCUT2D eigenvalue weighted by molar-refractivity contribution is 8.13. The fraction of sp³-hybridized carbons (Fsp3) is 0.462. The third kappa shape index (κ3) is 5.11. The molecular formula is C13H19ClN2O3S. The Labute approximate surface area is 124 Å². The first-order valence-electron chi connectivity index (χ1n) is 6.43. The summed E-state index contributed by atoms with van der Waals surface area (Å²) in [6.45, 7) is 7.35. The SMILES string of the molecule is CCN(CC)CCNC(=O)c1ccc(S(=O)(=O)Cl)cc1. The summed E-state index contributed by atoms with van der Waals surface area (Å²) >= 11 is 0. The number of amides is 1. The number of nitrogens with one attached hydrogen (secondary N) is 1. The van der Waals surface area contributed by atoms with Crippen molar-refractivity contribution in [3.05, 3.63) is 29.8 Å². The molecule has 0 aromatic heterocycles. The van der Waals surface area contributed by atoms with Gasteiger partial charge in [-0.3, -0.25) is 4.79 Å². The first kappa shape index (κ1) is 16.9. The highest BCUT2D eigenvalue weighted by Gasteiger charge is 2.11. The third-order valence-corrected chi connectivity index (χ3v) is 4.38. The molecule has 1 amide bonds. The van der Waals surface area contributed by atoms with E-state index in [1.807, 2.05) is 0 Å². The molecule has 5 nitrogen and oxygen atoms in total. The summed E-state index contributed by atoms with van der Waals surface area (Å²) in [4.78, 5) is 14.0. The zero-order chi connectivity index (χ0) is 15.2. The van der Waals surface area contributed by atoms with Gasteiger partial charge in [0.2, 0.25) is 0 Å². The molecule has 0 saturated carbocycles. The van der Waals surface area contributed by atoms with Crippen LogP contribution in [0.4, 0.5) is 0 Å². The van der Waals surface area contributed by atoms with Crippen LogP contribution in [0.1, 0.15) is 24.2 Å². The van der Waals surface area contributed by atoms with Gasteiger partial charge in [0.25, 0.3) is 15.0 Å². The predicted octanol–water partition coefficient (Wildman–Crippen LogP) is 1.69. The van der Waals surface area contributed by atoms with Crippen LogP contribution in [0.25, 0.3) is 0 Å². The molecule has 1 aromatic rings. The Bertz CT molecular complexity index is 539. The number of likely N-dealkylation sites (N-methyl/N-ethyl adjacent to an activating group) is 1. The van der Waals surface area contributed by atoms with E-state index in [0.29, 0.717) is 12.1 Å². The maximum Gasteiger partial charge on any atom is 0.261 e. The van der Waals surface area contributed by atoms with Gasteiger partial charge in [0, 0.05) is 29.3 Å². The molecule has 7 heteroatoms. The minimum absolute atomic E-state index is 0.0149. The Kier molecular flexibility index (Phi) is 6.45. The normalized spacial score (nSPS) is 11.6. The molecule has 0 radical (unpaired) electrons. The third-order valence-electron chi connectivity index (χ3n) is 3.01.